The quantitative estimate of drug-likeness (QED) is 0.622. The first-order valence-electron chi connectivity index (χ1n) is 5.16. The topological polar surface area (TPSA) is 95.1 Å². The van der Waals surface area contributed by atoms with E-state index in [4.69, 9.17) is 5.11 Å². The van der Waals surface area contributed by atoms with E-state index in [1.165, 1.54) is 0 Å². The van der Waals surface area contributed by atoms with E-state index < -0.39 is 10.0 Å². The fourth-order valence-corrected chi connectivity index (χ4v) is 3.02. The lowest BCUT2D eigenvalue weighted by atomic mass is 10.3. The number of sulfonamides is 1. The van der Waals surface area contributed by atoms with E-state index in [2.05, 4.69) is 14.9 Å². The first kappa shape index (κ1) is 14.5. The minimum atomic E-state index is -3.62. The minimum Gasteiger partial charge on any atom is -0.392 e. The molecular formula is C9H17N3O3S2. The molecule has 0 fully saturated rings. The highest BCUT2D eigenvalue weighted by molar-refractivity contribution is 7.98. The maximum Gasteiger partial charge on any atom is 0.260 e. The summed E-state index contributed by atoms with van der Waals surface area (Å²) in [6.45, 7) is 1.70. The van der Waals surface area contributed by atoms with Gasteiger partial charge in [0.05, 0.1) is 6.61 Å². The van der Waals surface area contributed by atoms with Crippen LogP contribution in [-0.4, -0.2) is 42.3 Å². The van der Waals surface area contributed by atoms with Crippen LogP contribution < -0.4 is 4.72 Å². The molecule has 1 rings (SSSR count). The van der Waals surface area contributed by atoms with E-state index in [0.717, 1.165) is 12.2 Å². The fraction of sp³-hybridized carbons (Fsp3) is 0.667. The van der Waals surface area contributed by atoms with Crippen LogP contribution in [0.15, 0.2) is 5.03 Å². The molecule has 1 aromatic rings. The largest absolute Gasteiger partial charge is 0.392 e. The molecule has 0 aliphatic heterocycles. The number of aliphatic hydroxyl groups excluding tert-OH is 1. The molecule has 0 amide bonds. The number of H-pyrrole nitrogens is 1. The van der Waals surface area contributed by atoms with Crippen LogP contribution in [0, 0.1) is 6.92 Å². The molecule has 0 atom stereocenters. The lowest BCUT2D eigenvalue weighted by Gasteiger charge is -2.05. The van der Waals surface area contributed by atoms with E-state index in [1.54, 1.807) is 18.7 Å². The van der Waals surface area contributed by atoms with Crippen molar-refractivity contribution in [3.8, 4) is 0 Å². The summed E-state index contributed by atoms with van der Waals surface area (Å²) in [7, 11) is -3.62. The number of hydrogen-bond acceptors (Lipinski definition) is 5. The van der Waals surface area contributed by atoms with Gasteiger partial charge in [-0.05, 0) is 25.4 Å². The van der Waals surface area contributed by atoms with E-state index in [-0.39, 0.29) is 11.6 Å². The van der Waals surface area contributed by atoms with Gasteiger partial charge in [0, 0.05) is 17.8 Å². The second-order valence-corrected chi connectivity index (χ2v) is 6.20. The van der Waals surface area contributed by atoms with E-state index in [1.807, 2.05) is 6.26 Å². The summed E-state index contributed by atoms with van der Waals surface area (Å²) < 4.78 is 26.2. The van der Waals surface area contributed by atoms with Gasteiger partial charge < -0.3 is 5.11 Å². The van der Waals surface area contributed by atoms with Gasteiger partial charge in [0.1, 0.15) is 0 Å². The summed E-state index contributed by atoms with van der Waals surface area (Å²) >= 11 is 1.66. The number of aromatic amines is 1. The Kier molecular flexibility index (Phi) is 5.44. The Morgan fingerprint density at radius 1 is 1.53 bits per heavy atom. The smallest absolute Gasteiger partial charge is 0.260 e. The van der Waals surface area contributed by atoms with Crippen molar-refractivity contribution >= 4 is 21.8 Å². The Morgan fingerprint density at radius 2 is 2.24 bits per heavy atom. The van der Waals surface area contributed by atoms with Gasteiger partial charge in [-0.3, -0.25) is 5.10 Å². The summed E-state index contributed by atoms with van der Waals surface area (Å²) in [5.41, 5.74) is 0.888. The third-order valence-electron chi connectivity index (χ3n) is 2.27. The highest BCUT2D eigenvalue weighted by atomic mass is 32.2. The lowest BCUT2D eigenvalue weighted by molar-refractivity contribution is 0.277. The molecule has 0 aliphatic rings. The zero-order valence-electron chi connectivity index (χ0n) is 9.86. The molecule has 17 heavy (non-hydrogen) atoms. The molecule has 3 N–H and O–H groups in total. The lowest BCUT2D eigenvalue weighted by Crippen LogP contribution is -2.26. The highest BCUT2D eigenvalue weighted by Gasteiger charge is 2.22. The Labute approximate surface area is 105 Å². The predicted molar refractivity (Wildman–Crippen MR) is 67.4 cm³/mol. The molecular weight excluding hydrogens is 262 g/mol. The average Bonchev–Trinajstić information content (AvgIpc) is 2.66. The van der Waals surface area contributed by atoms with Crippen molar-refractivity contribution in [1.29, 1.82) is 0 Å². The molecule has 0 saturated heterocycles. The third kappa shape index (κ3) is 3.70. The molecule has 0 spiro atoms. The molecule has 98 valence electrons. The average molecular weight is 279 g/mol. The molecule has 0 unspecified atom stereocenters. The summed E-state index contributed by atoms with van der Waals surface area (Å²) in [6, 6.07) is 0. The van der Waals surface area contributed by atoms with Crippen molar-refractivity contribution in [2.24, 2.45) is 0 Å². The van der Waals surface area contributed by atoms with Gasteiger partial charge in [-0.15, -0.1) is 0 Å². The molecule has 0 saturated carbocycles. The number of aryl methyl sites for hydroxylation is 1. The zero-order chi connectivity index (χ0) is 12.9. The van der Waals surface area contributed by atoms with Crippen LogP contribution in [-0.2, 0) is 16.6 Å². The fourth-order valence-electron chi connectivity index (χ4n) is 1.33. The number of aliphatic hydroxyl groups is 1. The maximum absolute atomic E-state index is 11.9. The van der Waals surface area contributed by atoms with Crippen LogP contribution in [0.5, 0.6) is 0 Å². The van der Waals surface area contributed by atoms with Gasteiger partial charge in [0.2, 0.25) is 0 Å². The van der Waals surface area contributed by atoms with Crippen LogP contribution >= 0.6 is 11.8 Å². The van der Waals surface area contributed by atoms with Crippen molar-refractivity contribution in [1.82, 2.24) is 14.9 Å². The number of rotatable bonds is 7. The number of aromatic nitrogens is 2. The molecule has 8 heteroatoms. The van der Waals surface area contributed by atoms with Gasteiger partial charge in [-0.1, -0.05) is 0 Å². The van der Waals surface area contributed by atoms with Crippen molar-refractivity contribution in [2.75, 3.05) is 18.6 Å². The van der Waals surface area contributed by atoms with Crippen molar-refractivity contribution in [2.45, 2.75) is 25.0 Å². The first-order chi connectivity index (χ1) is 8.03. The van der Waals surface area contributed by atoms with E-state index >= 15 is 0 Å². The maximum atomic E-state index is 11.9. The molecule has 0 aliphatic carbocycles. The van der Waals surface area contributed by atoms with E-state index in [9.17, 15) is 8.42 Å². The highest BCUT2D eigenvalue weighted by Crippen LogP contribution is 2.15. The van der Waals surface area contributed by atoms with Crippen molar-refractivity contribution < 1.29 is 13.5 Å². The summed E-state index contributed by atoms with van der Waals surface area (Å²) in [5.74, 6) is 0.898. The third-order valence-corrected chi connectivity index (χ3v) is 4.39. The molecule has 0 bridgehead atoms. The summed E-state index contributed by atoms with van der Waals surface area (Å²) in [4.78, 5) is 0. The molecule has 6 nitrogen and oxygen atoms in total. The minimum absolute atomic E-state index is 0.110. The number of nitrogens with one attached hydrogen (secondary N) is 2. The van der Waals surface area contributed by atoms with Crippen molar-refractivity contribution in [3.63, 3.8) is 0 Å². The Morgan fingerprint density at radius 3 is 2.82 bits per heavy atom. The Bertz CT molecular complexity index is 456. The molecule has 0 aromatic carbocycles. The predicted octanol–water partition coefficient (Wildman–Crippen LogP) is 0.242. The van der Waals surface area contributed by atoms with Crippen LogP contribution in [0.4, 0.5) is 0 Å². The summed E-state index contributed by atoms with van der Waals surface area (Å²) in [5, 5.41) is 15.3. The molecule has 0 radical (unpaired) electrons. The van der Waals surface area contributed by atoms with Gasteiger partial charge in [-0.25, -0.2) is 13.1 Å². The molecule has 1 aromatic heterocycles. The first-order valence-corrected chi connectivity index (χ1v) is 8.04. The number of hydrogen-bond donors (Lipinski definition) is 3. The second kappa shape index (κ2) is 6.39. The summed E-state index contributed by atoms with van der Waals surface area (Å²) in [6.07, 6.45) is 2.73. The van der Waals surface area contributed by atoms with Gasteiger partial charge in [-0.2, -0.15) is 16.9 Å². The normalized spacial score (nSPS) is 11.9. The SMILES string of the molecule is CSCCCNS(=O)(=O)c1n[nH]c(C)c1CO. The second-order valence-electron chi connectivity index (χ2n) is 3.53. The Balaban J connectivity index is 2.75. The standard InChI is InChI=1S/C9H17N3O3S2/c1-7-8(6-13)9(12-11-7)17(14,15)10-4-3-5-16-2/h10,13H,3-6H2,1-2H3,(H,11,12). The van der Waals surface area contributed by atoms with Crippen molar-refractivity contribution in [3.05, 3.63) is 11.3 Å². The van der Waals surface area contributed by atoms with Crippen LogP contribution in [0.3, 0.4) is 0 Å². The van der Waals surface area contributed by atoms with Gasteiger partial charge in [0.25, 0.3) is 10.0 Å². The van der Waals surface area contributed by atoms with Crippen LogP contribution in [0.2, 0.25) is 0 Å². The monoisotopic (exact) mass is 279 g/mol. The number of nitrogens with zero attached hydrogens (tertiary/aromatic N) is 1. The van der Waals surface area contributed by atoms with Gasteiger partial charge >= 0.3 is 0 Å². The zero-order valence-corrected chi connectivity index (χ0v) is 11.5. The Hall–Kier alpha value is -0.570. The van der Waals surface area contributed by atoms with E-state index in [0.29, 0.717) is 17.8 Å². The van der Waals surface area contributed by atoms with Crippen LogP contribution in [0.1, 0.15) is 17.7 Å². The van der Waals surface area contributed by atoms with Crippen LogP contribution in [0.25, 0.3) is 0 Å². The molecule has 1 heterocycles. The number of thioether (sulfide) groups is 1. The van der Waals surface area contributed by atoms with Gasteiger partial charge in [0.15, 0.2) is 5.03 Å².